The van der Waals surface area contributed by atoms with Gasteiger partial charge in [0.2, 0.25) is 0 Å². The van der Waals surface area contributed by atoms with Crippen molar-refractivity contribution < 1.29 is 0 Å². The SMILES string of the molecule is C=C.CC1(C)c2ccccc2-c2c1c1cc3[nH]c4ccc(-c5ccccc5)cc4c3cc1n2-c1ccccc1. The predicted molar refractivity (Wildman–Crippen MR) is 167 cm³/mol. The molecule has 0 aliphatic heterocycles. The van der Waals surface area contributed by atoms with Crippen LogP contribution in [0.25, 0.3) is 60.8 Å². The number of para-hydroxylation sites is 1. The second-order valence-electron chi connectivity index (χ2n) is 10.7. The Balaban J connectivity index is 0.00000124. The molecule has 0 spiro atoms. The molecule has 0 unspecified atom stereocenters. The second-order valence-corrected chi connectivity index (χ2v) is 10.7. The molecule has 2 heteroatoms. The minimum absolute atomic E-state index is 0.0790. The van der Waals surface area contributed by atoms with Gasteiger partial charge in [-0.2, -0.15) is 0 Å². The Morgan fingerprint density at radius 1 is 0.615 bits per heavy atom. The van der Waals surface area contributed by atoms with Gasteiger partial charge in [0, 0.05) is 43.9 Å². The number of nitrogens with one attached hydrogen (secondary N) is 1. The molecule has 0 fully saturated rings. The van der Waals surface area contributed by atoms with Crippen LogP contribution in [0.5, 0.6) is 0 Å². The summed E-state index contributed by atoms with van der Waals surface area (Å²) < 4.78 is 2.48. The van der Waals surface area contributed by atoms with Gasteiger partial charge in [0.25, 0.3) is 0 Å². The maximum Gasteiger partial charge on any atom is 0.0585 e. The van der Waals surface area contributed by atoms with Gasteiger partial charge in [-0.05, 0) is 58.7 Å². The molecular weight excluding hydrogens is 472 g/mol. The van der Waals surface area contributed by atoms with E-state index in [4.69, 9.17) is 0 Å². The lowest BCUT2D eigenvalue weighted by Gasteiger charge is -2.21. The average Bonchev–Trinajstić information content (AvgIpc) is 3.60. The number of fused-ring (bicyclic) bond motifs is 8. The maximum absolute atomic E-state index is 3.73. The van der Waals surface area contributed by atoms with Gasteiger partial charge >= 0.3 is 0 Å². The lowest BCUT2D eigenvalue weighted by Crippen LogP contribution is -2.14. The lowest BCUT2D eigenvalue weighted by molar-refractivity contribution is 0.666. The minimum Gasteiger partial charge on any atom is -0.354 e. The largest absolute Gasteiger partial charge is 0.354 e. The molecule has 2 aromatic heterocycles. The normalized spacial score (nSPS) is 13.3. The molecular formula is C37H30N2. The van der Waals surface area contributed by atoms with E-state index in [1.54, 1.807) is 0 Å². The molecule has 39 heavy (non-hydrogen) atoms. The summed E-state index contributed by atoms with van der Waals surface area (Å²) in [5.41, 5.74) is 12.7. The molecule has 0 atom stereocenters. The minimum atomic E-state index is -0.0790. The number of benzene rings is 5. The zero-order valence-corrected chi connectivity index (χ0v) is 22.3. The van der Waals surface area contributed by atoms with Gasteiger partial charge < -0.3 is 9.55 Å². The van der Waals surface area contributed by atoms with Crippen molar-refractivity contribution in [3.63, 3.8) is 0 Å². The number of H-pyrrole nitrogens is 1. The van der Waals surface area contributed by atoms with Crippen LogP contribution in [-0.2, 0) is 5.41 Å². The van der Waals surface area contributed by atoms with E-state index in [1.807, 2.05) is 0 Å². The molecule has 5 aromatic carbocycles. The second kappa shape index (κ2) is 8.61. The molecule has 1 aliphatic rings. The van der Waals surface area contributed by atoms with Crippen LogP contribution in [0.4, 0.5) is 0 Å². The Labute approximate surface area is 228 Å². The van der Waals surface area contributed by atoms with Gasteiger partial charge in [0.15, 0.2) is 0 Å². The summed E-state index contributed by atoms with van der Waals surface area (Å²) in [6.45, 7) is 10.7. The fourth-order valence-corrected chi connectivity index (χ4v) is 6.59. The number of aromatic nitrogens is 2. The molecule has 1 N–H and O–H groups in total. The molecule has 1 aliphatic carbocycles. The number of nitrogens with zero attached hydrogens (tertiary/aromatic N) is 1. The van der Waals surface area contributed by atoms with Crippen molar-refractivity contribution in [1.29, 1.82) is 0 Å². The van der Waals surface area contributed by atoms with E-state index in [2.05, 4.69) is 152 Å². The summed E-state index contributed by atoms with van der Waals surface area (Å²) in [5, 5.41) is 3.85. The van der Waals surface area contributed by atoms with E-state index >= 15 is 0 Å². The summed E-state index contributed by atoms with van der Waals surface area (Å²) >= 11 is 0. The predicted octanol–water partition coefficient (Wildman–Crippen LogP) is 10.0. The zero-order chi connectivity index (χ0) is 26.7. The van der Waals surface area contributed by atoms with Crippen molar-refractivity contribution in [3.05, 3.63) is 140 Å². The molecule has 0 saturated carbocycles. The third-order valence-electron chi connectivity index (χ3n) is 8.29. The first-order valence-corrected chi connectivity index (χ1v) is 13.5. The molecule has 0 amide bonds. The fourth-order valence-electron chi connectivity index (χ4n) is 6.59. The van der Waals surface area contributed by atoms with Crippen LogP contribution < -0.4 is 0 Å². The summed E-state index contributed by atoms with van der Waals surface area (Å²) in [6.07, 6.45) is 0. The summed E-state index contributed by atoms with van der Waals surface area (Å²) in [6, 6.07) is 41.9. The topological polar surface area (TPSA) is 20.7 Å². The van der Waals surface area contributed by atoms with E-state index in [0.717, 1.165) is 0 Å². The average molecular weight is 503 g/mol. The summed E-state index contributed by atoms with van der Waals surface area (Å²) in [5.74, 6) is 0. The van der Waals surface area contributed by atoms with Gasteiger partial charge in [-0.3, -0.25) is 0 Å². The zero-order valence-electron chi connectivity index (χ0n) is 22.3. The monoisotopic (exact) mass is 502 g/mol. The van der Waals surface area contributed by atoms with Crippen LogP contribution >= 0.6 is 0 Å². The molecule has 0 radical (unpaired) electrons. The Bertz CT molecular complexity index is 2000. The fraction of sp³-hybridized carbons (Fsp3) is 0.0811. The van der Waals surface area contributed by atoms with Gasteiger partial charge in [-0.1, -0.05) is 92.7 Å². The van der Waals surface area contributed by atoms with Crippen LogP contribution in [0, 0.1) is 0 Å². The first kappa shape index (κ1) is 23.3. The third kappa shape index (κ3) is 3.28. The first-order chi connectivity index (χ1) is 19.1. The highest BCUT2D eigenvalue weighted by Gasteiger charge is 2.40. The van der Waals surface area contributed by atoms with Crippen molar-refractivity contribution in [3.8, 4) is 28.1 Å². The highest BCUT2D eigenvalue weighted by atomic mass is 15.0. The number of rotatable bonds is 2. The first-order valence-electron chi connectivity index (χ1n) is 13.5. The van der Waals surface area contributed by atoms with E-state index in [0.29, 0.717) is 0 Å². The molecule has 0 bridgehead atoms. The van der Waals surface area contributed by atoms with Crippen molar-refractivity contribution in [2.24, 2.45) is 0 Å². The standard InChI is InChI=1S/C35H26N2.C2H4/c1-35(2)29-16-10-9-15-25(29)34-33(35)28-20-31-27(21-32(28)37(34)24-13-7-4-8-14-24)26-19-23(17-18-30(26)36-31)22-11-5-3-6-12-22;1-2/h3-21,36H,1-2H3;1-2H2. The van der Waals surface area contributed by atoms with Gasteiger partial charge in [-0.15, -0.1) is 13.2 Å². The Morgan fingerprint density at radius 3 is 2.05 bits per heavy atom. The van der Waals surface area contributed by atoms with Gasteiger partial charge in [-0.25, -0.2) is 0 Å². The Hall–Kier alpha value is -4.82. The molecule has 8 rings (SSSR count). The molecule has 7 aromatic rings. The summed E-state index contributed by atoms with van der Waals surface area (Å²) in [7, 11) is 0. The molecule has 2 heterocycles. The summed E-state index contributed by atoms with van der Waals surface area (Å²) in [4.78, 5) is 3.73. The molecule has 188 valence electrons. The third-order valence-corrected chi connectivity index (χ3v) is 8.29. The van der Waals surface area contributed by atoms with Crippen LogP contribution in [0.2, 0.25) is 0 Å². The van der Waals surface area contributed by atoms with Crippen molar-refractivity contribution in [2.45, 2.75) is 19.3 Å². The van der Waals surface area contributed by atoms with Gasteiger partial charge in [0.05, 0.1) is 11.2 Å². The number of aromatic amines is 1. The van der Waals surface area contributed by atoms with E-state index in [1.165, 1.54) is 71.9 Å². The lowest BCUT2D eigenvalue weighted by atomic mass is 9.81. The van der Waals surface area contributed by atoms with Crippen LogP contribution in [0.1, 0.15) is 25.0 Å². The highest BCUT2D eigenvalue weighted by Crippen LogP contribution is 2.54. The number of hydrogen-bond donors (Lipinski definition) is 1. The van der Waals surface area contributed by atoms with Crippen LogP contribution in [0.15, 0.2) is 128 Å². The molecule has 2 nitrogen and oxygen atoms in total. The quantitative estimate of drug-likeness (QED) is 0.227. The highest BCUT2D eigenvalue weighted by molar-refractivity contribution is 6.14. The Kier molecular flexibility index (Phi) is 5.14. The van der Waals surface area contributed by atoms with E-state index < -0.39 is 0 Å². The van der Waals surface area contributed by atoms with Crippen molar-refractivity contribution in [1.82, 2.24) is 9.55 Å². The van der Waals surface area contributed by atoms with Crippen LogP contribution in [0.3, 0.4) is 0 Å². The Morgan fingerprint density at radius 2 is 1.28 bits per heavy atom. The number of hydrogen-bond acceptors (Lipinski definition) is 0. The maximum atomic E-state index is 3.73. The van der Waals surface area contributed by atoms with Crippen molar-refractivity contribution >= 4 is 32.7 Å². The molecule has 0 saturated heterocycles. The van der Waals surface area contributed by atoms with Crippen molar-refractivity contribution in [2.75, 3.05) is 0 Å². The van der Waals surface area contributed by atoms with Crippen LogP contribution in [-0.4, -0.2) is 9.55 Å². The van der Waals surface area contributed by atoms with Gasteiger partial charge in [0.1, 0.15) is 0 Å². The van der Waals surface area contributed by atoms with E-state index in [9.17, 15) is 0 Å². The smallest absolute Gasteiger partial charge is 0.0585 e. The van der Waals surface area contributed by atoms with E-state index in [-0.39, 0.29) is 5.41 Å².